The lowest BCUT2D eigenvalue weighted by Gasteiger charge is -2.39. The number of hydrogen-bond donors (Lipinski definition) is 1. The van der Waals surface area contributed by atoms with E-state index >= 15 is 0 Å². The quantitative estimate of drug-likeness (QED) is 0.906. The molecule has 1 aliphatic rings. The van der Waals surface area contributed by atoms with Crippen LogP contribution in [0.25, 0.3) is 0 Å². The molecule has 1 saturated heterocycles. The first-order valence-corrected chi connectivity index (χ1v) is 7.90. The van der Waals surface area contributed by atoms with Crippen molar-refractivity contribution in [2.45, 2.75) is 64.1 Å². The standard InChI is InChI=1S/C17H27FN2/c1-3-16-10-5-4-6-11-20(16)17(13(2)19)14-8-7-9-15(18)12-14/h7-9,12-13,16-17H,3-6,10-11,19H2,1-2H3. The second-order valence-corrected chi connectivity index (χ2v) is 6.01. The highest BCUT2D eigenvalue weighted by Gasteiger charge is 2.30. The van der Waals surface area contributed by atoms with Gasteiger partial charge in [0.1, 0.15) is 5.82 Å². The van der Waals surface area contributed by atoms with E-state index in [-0.39, 0.29) is 17.9 Å². The maximum absolute atomic E-state index is 13.6. The van der Waals surface area contributed by atoms with Crippen molar-refractivity contribution in [3.8, 4) is 0 Å². The van der Waals surface area contributed by atoms with Crippen LogP contribution < -0.4 is 5.73 Å². The molecule has 0 radical (unpaired) electrons. The van der Waals surface area contributed by atoms with Crippen molar-refractivity contribution in [2.24, 2.45) is 5.73 Å². The summed E-state index contributed by atoms with van der Waals surface area (Å²) < 4.78 is 13.6. The smallest absolute Gasteiger partial charge is 0.123 e. The van der Waals surface area contributed by atoms with E-state index in [0.717, 1.165) is 18.5 Å². The van der Waals surface area contributed by atoms with Gasteiger partial charge in [-0.3, -0.25) is 4.90 Å². The molecule has 2 rings (SSSR count). The maximum Gasteiger partial charge on any atom is 0.123 e. The van der Waals surface area contributed by atoms with E-state index < -0.39 is 0 Å². The van der Waals surface area contributed by atoms with Gasteiger partial charge in [-0.1, -0.05) is 31.9 Å². The molecule has 1 aromatic rings. The summed E-state index contributed by atoms with van der Waals surface area (Å²) in [6.45, 7) is 5.35. The van der Waals surface area contributed by atoms with Gasteiger partial charge in [0.2, 0.25) is 0 Å². The van der Waals surface area contributed by atoms with Crippen molar-refractivity contribution in [1.29, 1.82) is 0 Å². The Balaban J connectivity index is 2.30. The minimum Gasteiger partial charge on any atom is -0.326 e. The fraction of sp³-hybridized carbons (Fsp3) is 0.647. The number of nitrogens with two attached hydrogens (primary N) is 1. The molecule has 0 aromatic heterocycles. The second-order valence-electron chi connectivity index (χ2n) is 6.01. The molecule has 0 spiro atoms. The number of rotatable bonds is 4. The number of nitrogens with zero attached hydrogens (tertiary/aromatic N) is 1. The average molecular weight is 278 g/mol. The van der Waals surface area contributed by atoms with Gasteiger partial charge in [-0.15, -0.1) is 0 Å². The molecule has 0 saturated carbocycles. The van der Waals surface area contributed by atoms with E-state index in [4.69, 9.17) is 5.73 Å². The van der Waals surface area contributed by atoms with Crippen LogP contribution in [0.4, 0.5) is 4.39 Å². The van der Waals surface area contributed by atoms with E-state index in [0.29, 0.717) is 6.04 Å². The van der Waals surface area contributed by atoms with E-state index in [1.54, 1.807) is 12.1 Å². The lowest BCUT2D eigenvalue weighted by molar-refractivity contribution is 0.117. The lowest BCUT2D eigenvalue weighted by atomic mass is 9.96. The Morgan fingerprint density at radius 1 is 1.35 bits per heavy atom. The molecule has 20 heavy (non-hydrogen) atoms. The zero-order valence-corrected chi connectivity index (χ0v) is 12.7. The SMILES string of the molecule is CCC1CCCCCN1C(c1cccc(F)c1)C(C)N. The van der Waals surface area contributed by atoms with Gasteiger partial charge >= 0.3 is 0 Å². The molecule has 0 aliphatic carbocycles. The first-order chi connectivity index (χ1) is 9.63. The summed E-state index contributed by atoms with van der Waals surface area (Å²) in [5.74, 6) is -0.170. The molecule has 1 heterocycles. The highest BCUT2D eigenvalue weighted by atomic mass is 19.1. The molecule has 3 unspecified atom stereocenters. The van der Waals surface area contributed by atoms with E-state index in [1.165, 1.54) is 31.7 Å². The van der Waals surface area contributed by atoms with Gasteiger partial charge in [-0.25, -0.2) is 4.39 Å². The third-order valence-corrected chi connectivity index (χ3v) is 4.44. The summed E-state index contributed by atoms with van der Waals surface area (Å²) in [5, 5.41) is 0. The minimum absolute atomic E-state index is 0.00366. The highest BCUT2D eigenvalue weighted by Crippen LogP contribution is 2.31. The number of benzene rings is 1. The molecule has 3 atom stereocenters. The number of halogens is 1. The molecule has 2 N–H and O–H groups in total. The van der Waals surface area contributed by atoms with Gasteiger partial charge in [0.15, 0.2) is 0 Å². The Hall–Kier alpha value is -0.930. The van der Waals surface area contributed by atoms with Gasteiger partial charge in [0.05, 0.1) is 0 Å². The molecule has 1 aliphatic heterocycles. The molecule has 2 nitrogen and oxygen atoms in total. The van der Waals surface area contributed by atoms with Gasteiger partial charge in [0.25, 0.3) is 0 Å². The Labute approximate surface area is 122 Å². The molecule has 1 aromatic carbocycles. The predicted molar refractivity (Wildman–Crippen MR) is 82.0 cm³/mol. The van der Waals surface area contributed by atoms with Gasteiger partial charge in [0, 0.05) is 18.1 Å². The number of hydrogen-bond acceptors (Lipinski definition) is 2. The van der Waals surface area contributed by atoms with E-state index in [1.807, 2.05) is 13.0 Å². The van der Waals surface area contributed by atoms with E-state index in [2.05, 4.69) is 11.8 Å². The van der Waals surface area contributed by atoms with E-state index in [9.17, 15) is 4.39 Å². The average Bonchev–Trinajstić information content (AvgIpc) is 2.64. The first kappa shape index (κ1) is 15.5. The van der Waals surface area contributed by atoms with Crippen LogP contribution in [0.15, 0.2) is 24.3 Å². The van der Waals surface area contributed by atoms with Crippen molar-refractivity contribution in [2.75, 3.05) is 6.54 Å². The Morgan fingerprint density at radius 2 is 2.15 bits per heavy atom. The fourth-order valence-corrected chi connectivity index (χ4v) is 3.49. The summed E-state index contributed by atoms with van der Waals surface area (Å²) in [6, 6.07) is 7.63. The largest absolute Gasteiger partial charge is 0.326 e. The van der Waals surface area contributed by atoms with Crippen LogP contribution in [-0.2, 0) is 0 Å². The summed E-state index contributed by atoms with van der Waals surface area (Å²) in [6.07, 6.45) is 6.17. The maximum atomic E-state index is 13.6. The normalized spacial score (nSPS) is 24.1. The van der Waals surface area contributed by atoms with Crippen LogP contribution in [-0.4, -0.2) is 23.5 Å². The lowest BCUT2D eigenvalue weighted by Crippen LogP contribution is -2.45. The van der Waals surface area contributed by atoms with Gasteiger partial charge in [-0.05, 0) is 50.4 Å². The van der Waals surface area contributed by atoms with Crippen molar-refractivity contribution < 1.29 is 4.39 Å². The van der Waals surface area contributed by atoms with Gasteiger partial charge in [-0.2, -0.15) is 0 Å². The molecule has 3 heteroatoms. The topological polar surface area (TPSA) is 29.3 Å². The minimum atomic E-state index is -0.170. The van der Waals surface area contributed by atoms with Gasteiger partial charge < -0.3 is 5.73 Å². The zero-order valence-electron chi connectivity index (χ0n) is 12.7. The van der Waals surface area contributed by atoms with Crippen LogP contribution in [0.5, 0.6) is 0 Å². The highest BCUT2D eigenvalue weighted by molar-refractivity contribution is 5.22. The molecular weight excluding hydrogens is 251 g/mol. The van der Waals surface area contributed by atoms with Crippen LogP contribution in [0.2, 0.25) is 0 Å². The summed E-state index contributed by atoms with van der Waals surface area (Å²) in [4.78, 5) is 2.52. The predicted octanol–water partition coefficient (Wildman–Crippen LogP) is 3.87. The Morgan fingerprint density at radius 3 is 2.80 bits per heavy atom. The fourth-order valence-electron chi connectivity index (χ4n) is 3.49. The van der Waals surface area contributed by atoms with Crippen molar-refractivity contribution in [3.63, 3.8) is 0 Å². The summed E-state index contributed by atoms with van der Waals surface area (Å²) in [7, 11) is 0. The third kappa shape index (κ3) is 3.58. The summed E-state index contributed by atoms with van der Waals surface area (Å²) in [5.41, 5.74) is 7.27. The molecule has 1 fully saturated rings. The second kappa shape index (κ2) is 7.19. The van der Waals surface area contributed by atoms with Crippen molar-refractivity contribution in [3.05, 3.63) is 35.6 Å². The molecule has 112 valence electrons. The Kier molecular flexibility index (Phi) is 5.55. The number of likely N-dealkylation sites (tertiary alicyclic amines) is 1. The Bertz CT molecular complexity index is 419. The molecule has 0 amide bonds. The molecule has 0 bridgehead atoms. The van der Waals surface area contributed by atoms with Crippen molar-refractivity contribution in [1.82, 2.24) is 4.90 Å². The van der Waals surface area contributed by atoms with Crippen LogP contribution in [0, 0.1) is 5.82 Å². The zero-order chi connectivity index (χ0) is 14.5. The molecular formula is C17H27FN2. The van der Waals surface area contributed by atoms with Crippen LogP contribution in [0.3, 0.4) is 0 Å². The monoisotopic (exact) mass is 278 g/mol. The third-order valence-electron chi connectivity index (χ3n) is 4.44. The van der Waals surface area contributed by atoms with Crippen molar-refractivity contribution >= 4 is 0 Å². The van der Waals surface area contributed by atoms with Crippen LogP contribution >= 0.6 is 0 Å². The first-order valence-electron chi connectivity index (χ1n) is 7.90. The summed E-state index contributed by atoms with van der Waals surface area (Å²) >= 11 is 0. The van der Waals surface area contributed by atoms with Crippen LogP contribution in [0.1, 0.15) is 57.6 Å².